The molecule has 0 aliphatic heterocycles. The van der Waals surface area contributed by atoms with Crippen molar-refractivity contribution in [2.75, 3.05) is 0 Å². The SMILES string of the molecule is O=C(/C=c1/[nH]c(=O)/c(=C/c2cc(Br)ccc2F)s1)c1ccco1. The molecule has 7 heteroatoms. The lowest BCUT2D eigenvalue weighted by molar-refractivity contribution is 0.103. The summed E-state index contributed by atoms with van der Waals surface area (Å²) in [6.45, 7) is 0. The predicted octanol–water partition coefficient (Wildman–Crippen LogP) is 2.42. The van der Waals surface area contributed by atoms with Gasteiger partial charge in [0, 0.05) is 16.1 Å². The number of H-pyrrole nitrogens is 1. The van der Waals surface area contributed by atoms with Crippen LogP contribution in [0.15, 0.2) is 50.3 Å². The van der Waals surface area contributed by atoms with Crippen LogP contribution in [0.25, 0.3) is 12.2 Å². The molecule has 2 heterocycles. The van der Waals surface area contributed by atoms with E-state index >= 15 is 0 Å². The number of ketones is 1. The van der Waals surface area contributed by atoms with Crippen molar-refractivity contribution in [2.45, 2.75) is 0 Å². The number of carbonyl (C=O) groups excluding carboxylic acids is 1. The summed E-state index contributed by atoms with van der Waals surface area (Å²) in [5, 5.41) is 0. The number of halogens is 2. The first-order valence-electron chi connectivity index (χ1n) is 6.48. The number of rotatable bonds is 3. The van der Waals surface area contributed by atoms with E-state index < -0.39 is 5.82 Å². The normalized spacial score (nSPS) is 12.8. The maximum atomic E-state index is 13.8. The van der Waals surface area contributed by atoms with E-state index in [1.165, 1.54) is 30.5 Å². The lowest BCUT2D eigenvalue weighted by Gasteiger charge is -1.96. The minimum absolute atomic E-state index is 0.183. The minimum atomic E-state index is -0.432. The summed E-state index contributed by atoms with van der Waals surface area (Å²) < 4.78 is 20.1. The van der Waals surface area contributed by atoms with Crippen LogP contribution in [0.2, 0.25) is 0 Å². The molecule has 0 saturated carbocycles. The first kappa shape index (κ1) is 15.6. The van der Waals surface area contributed by atoms with Gasteiger partial charge in [0.05, 0.1) is 15.5 Å². The molecule has 3 aromatic rings. The highest BCUT2D eigenvalue weighted by Crippen LogP contribution is 2.15. The van der Waals surface area contributed by atoms with Gasteiger partial charge in [-0.05, 0) is 36.4 Å². The lowest BCUT2D eigenvalue weighted by atomic mass is 10.2. The van der Waals surface area contributed by atoms with Gasteiger partial charge in [0.15, 0.2) is 5.76 Å². The third-order valence-electron chi connectivity index (χ3n) is 2.95. The summed E-state index contributed by atoms with van der Waals surface area (Å²) in [7, 11) is 0. The first-order chi connectivity index (χ1) is 11.0. The number of hydrogen-bond acceptors (Lipinski definition) is 4. The van der Waals surface area contributed by atoms with Gasteiger partial charge in [-0.15, -0.1) is 11.3 Å². The van der Waals surface area contributed by atoms with Crippen molar-refractivity contribution in [1.82, 2.24) is 4.98 Å². The average molecular weight is 394 g/mol. The number of furan rings is 1. The molecule has 23 heavy (non-hydrogen) atoms. The van der Waals surface area contributed by atoms with Gasteiger partial charge in [-0.1, -0.05) is 15.9 Å². The molecule has 0 radical (unpaired) electrons. The maximum Gasteiger partial charge on any atom is 0.266 e. The number of aromatic nitrogens is 1. The Hall–Kier alpha value is -2.25. The fourth-order valence-corrected chi connectivity index (χ4v) is 3.15. The molecule has 0 bridgehead atoms. The average Bonchev–Trinajstić information content (AvgIpc) is 3.14. The summed E-state index contributed by atoms with van der Waals surface area (Å²) >= 11 is 4.33. The standard InChI is InChI=1S/C16H9BrFNO3S/c17-10-3-4-11(18)9(6-10)7-14-16(21)19-15(23-14)8-12(20)13-2-1-5-22-13/h1-8H,(H,19,21)/b14-7-,15-8-. The molecule has 0 unspecified atom stereocenters. The molecular formula is C16H9BrFNO3S. The van der Waals surface area contributed by atoms with Gasteiger partial charge in [-0.25, -0.2) is 4.39 Å². The largest absolute Gasteiger partial charge is 0.461 e. The van der Waals surface area contributed by atoms with Crippen LogP contribution in [0.5, 0.6) is 0 Å². The zero-order chi connectivity index (χ0) is 16.4. The first-order valence-corrected chi connectivity index (χ1v) is 8.09. The molecule has 0 atom stereocenters. The smallest absolute Gasteiger partial charge is 0.266 e. The molecule has 4 nitrogen and oxygen atoms in total. The molecule has 2 aromatic heterocycles. The van der Waals surface area contributed by atoms with Gasteiger partial charge < -0.3 is 9.40 Å². The third-order valence-corrected chi connectivity index (χ3v) is 4.41. The van der Waals surface area contributed by atoms with Crippen molar-refractivity contribution in [3.05, 3.63) is 77.8 Å². The van der Waals surface area contributed by atoms with E-state index in [1.54, 1.807) is 18.2 Å². The monoisotopic (exact) mass is 393 g/mol. The Bertz CT molecular complexity index is 1030. The molecule has 0 spiro atoms. The molecule has 1 aromatic carbocycles. The second kappa shape index (κ2) is 6.47. The second-order valence-electron chi connectivity index (χ2n) is 4.58. The van der Waals surface area contributed by atoms with Crippen LogP contribution in [0.4, 0.5) is 4.39 Å². The second-order valence-corrected chi connectivity index (χ2v) is 6.58. The van der Waals surface area contributed by atoms with Crippen LogP contribution in [0.1, 0.15) is 16.1 Å². The number of benzene rings is 1. The number of Topliss-reactive ketones (excluding diaryl/α,β-unsaturated/α-hetero) is 1. The highest BCUT2D eigenvalue weighted by atomic mass is 79.9. The van der Waals surface area contributed by atoms with Crippen LogP contribution in [0, 0.1) is 5.82 Å². The van der Waals surface area contributed by atoms with E-state index in [0.717, 1.165) is 11.3 Å². The molecule has 0 fully saturated rings. The Morgan fingerprint density at radius 1 is 1.35 bits per heavy atom. The van der Waals surface area contributed by atoms with Crippen molar-refractivity contribution < 1.29 is 13.6 Å². The van der Waals surface area contributed by atoms with Crippen LogP contribution in [0.3, 0.4) is 0 Å². The number of carbonyl (C=O) groups is 1. The molecule has 1 N–H and O–H groups in total. The summed E-state index contributed by atoms with van der Waals surface area (Å²) in [4.78, 5) is 26.4. The molecule has 0 aliphatic rings. The van der Waals surface area contributed by atoms with Crippen molar-refractivity contribution >= 4 is 45.2 Å². The Morgan fingerprint density at radius 3 is 2.91 bits per heavy atom. The fourth-order valence-electron chi connectivity index (χ4n) is 1.90. The highest BCUT2D eigenvalue weighted by Gasteiger charge is 2.06. The van der Waals surface area contributed by atoms with Gasteiger partial charge in [-0.3, -0.25) is 9.59 Å². The summed E-state index contributed by atoms with van der Waals surface area (Å²) in [6.07, 6.45) is 4.12. The minimum Gasteiger partial charge on any atom is -0.461 e. The van der Waals surface area contributed by atoms with Crippen molar-refractivity contribution in [1.29, 1.82) is 0 Å². The molecule has 3 rings (SSSR count). The highest BCUT2D eigenvalue weighted by molar-refractivity contribution is 9.10. The molecule has 0 amide bonds. The van der Waals surface area contributed by atoms with Gasteiger partial charge in [-0.2, -0.15) is 0 Å². The number of aromatic amines is 1. The maximum absolute atomic E-state index is 13.8. The number of nitrogens with one attached hydrogen (secondary N) is 1. The Kier molecular flexibility index (Phi) is 4.40. The molecule has 0 aliphatic carbocycles. The lowest BCUT2D eigenvalue weighted by Crippen LogP contribution is -2.20. The molecule has 116 valence electrons. The van der Waals surface area contributed by atoms with Crippen LogP contribution >= 0.6 is 27.3 Å². The van der Waals surface area contributed by atoms with Gasteiger partial charge in [0.1, 0.15) is 5.82 Å². The van der Waals surface area contributed by atoms with E-state index in [1.807, 2.05) is 0 Å². The van der Waals surface area contributed by atoms with Gasteiger partial charge in [0.2, 0.25) is 5.78 Å². The van der Waals surface area contributed by atoms with E-state index in [4.69, 9.17) is 4.42 Å². The van der Waals surface area contributed by atoms with Crippen molar-refractivity contribution in [3.63, 3.8) is 0 Å². The zero-order valence-electron chi connectivity index (χ0n) is 11.5. The number of thiazole rings is 1. The Balaban J connectivity index is 2.05. The van der Waals surface area contributed by atoms with Crippen LogP contribution in [-0.4, -0.2) is 10.8 Å². The molecule has 0 saturated heterocycles. The fraction of sp³-hybridized carbons (Fsp3) is 0. The van der Waals surface area contributed by atoms with Crippen LogP contribution < -0.4 is 14.8 Å². The third kappa shape index (κ3) is 3.57. The Morgan fingerprint density at radius 2 is 2.17 bits per heavy atom. The van der Waals surface area contributed by atoms with Crippen LogP contribution in [-0.2, 0) is 0 Å². The van der Waals surface area contributed by atoms with E-state index in [-0.39, 0.29) is 22.7 Å². The molecular weight excluding hydrogens is 385 g/mol. The number of hydrogen-bond donors (Lipinski definition) is 1. The van der Waals surface area contributed by atoms with E-state index in [2.05, 4.69) is 20.9 Å². The summed E-state index contributed by atoms with van der Waals surface area (Å²) in [5.41, 5.74) is -0.0940. The topological polar surface area (TPSA) is 63.1 Å². The summed E-state index contributed by atoms with van der Waals surface area (Å²) in [5.74, 6) is -0.603. The Labute approximate surface area is 141 Å². The zero-order valence-corrected chi connectivity index (χ0v) is 13.9. The predicted molar refractivity (Wildman–Crippen MR) is 89.4 cm³/mol. The van der Waals surface area contributed by atoms with Crippen molar-refractivity contribution in [3.8, 4) is 0 Å². The summed E-state index contributed by atoms with van der Waals surface area (Å²) in [6, 6.07) is 7.60. The van der Waals surface area contributed by atoms with E-state index in [0.29, 0.717) is 13.7 Å². The van der Waals surface area contributed by atoms with Crippen molar-refractivity contribution in [2.24, 2.45) is 0 Å². The quantitative estimate of drug-likeness (QED) is 0.695. The van der Waals surface area contributed by atoms with E-state index in [9.17, 15) is 14.0 Å². The van der Waals surface area contributed by atoms with Gasteiger partial charge in [0.25, 0.3) is 5.56 Å². The van der Waals surface area contributed by atoms with Gasteiger partial charge >= 0.3 is 0 Å².